The summed E-state index contributed by atoms with van der Waals surface area (Å²) in [6, 6.07) is 5.78. The maximum absolute atomic E-state index is 12.9. The Morgan fingerprint density at radius 1 is 1.11 bits per heavy atom. The van der Waals surface area contributed by atoms with E-state index < -0.39 is 27.4 Å². The van der Waals surface area contributed by atoms with Gasteiger partial charge in [-0.2, -0.15) is 4.72 Å². The molecule has 2 N–H and O–H groups in total. The number of sulfonamides is 1. The number of rotatable bonds is 7. The molecule has 4 aliphatic rings. The first-order valence-corrected chi connectivity index (χ1v) is 11.6. The first-order valence-electron chi connectivity index (χ1n) is 10.2. The Hall–Kier alpha value is -1.40. The van der Waals surface area contributed by atoms with Crippen molar-refractivity contribution in [2.45, 2.75) is 69.2 Å². The van der Waals surface area contributed by atoms with Crippen LogP contribution in [0.15, 0.2) is 29.2 Å². The van der Waals surface area contributed by atoms with E-state index in [9.17, 15) is 18.3 Å². The van der Waals surface area contributed by atoms with Crippen molar-refractivity contribution in [3.05, 3.63) is 29.8 Å². The van der Waals surface area contributed by atoms with Gasteiger partial charge in [0.25, 0.3) is 0 Å². The number of carbonyl (C=O) groups is 1. The minimum atomic E-state index is -3.86. The minimum absolute atomic E-state index is 0.151. The number of hydrogen-bond donors (Lipinski definition) is 2. The Morgan fingerprint density at radius 3 is 2.07 bits per heavy atom. The van der Waals surface area contributed by atoms with Crippen LogP contribution < -0.4 is 4.72 Å². The Kier molecular flexibility index (Phi) is 4.83. The molecule has 0 amide bonds. The second kappa shape index (κ2) is 6.89. The molecule has 6 heteroatoms. The van der Waals surface area contributed by atoms with E-state index in [0.717, 1.165) is 37.7 Å². The van der Waals surface area contributed by atoms with Crippen molar-refractivity contribution >= 4 is 16.0 Å². The lowest BCUT2D eigenvalue weighted by atomic mass is 9.48. The maximum Gasteiger partial charge on any atom is 0.322 e. The summed E-state index contributed by atoms with van der Waals surface area (Å²) >= 11 is 0. The Labute approximate surface area is 161 Å². The number of aliphatic carboxylic acids is 1. The molecule has 4 saturated carbocycles. The van der Waals surface area contributed by atoms with Crippen LogP contribution in [-0.2, 0) is 21.2 Å². The second-order valence-corrected chi connectivity index (χ2v) is 10.8. The van der Waals surface area contributed by atoms with E-state index in [1.807, 2.05) is 12.1 Å². The lowest BCUT2D eigenvalue weighted by molar-refractivity contribution is -0.150. The molecule has 27 heavy (non-hydrogen) atoms. The fourth-order valence-electron chi connectivity index (χ4n) is 6.32. The second-order valence-electron chi connectivity index (χ2n) is 9.07. The van der Waals surface area contributed by atoms with Crippen LogP contribution in [0, 0.1) is 23.2 Å². The van der Waals surface area contributed by atoms with Gasteiger partial charge in [-0.05, 0) is 85.8 Å². The van der Waals surface area contributed by atoms with E-state index in [-0.39, 0.29) is 4.90 Å². The molecule has 1 aromatic rings. The van der Waals surface area contributed by atoms with Gasteiger partial charge in [0.2, 0.25) is 10.0 Å². The monoisotopic (exact) mass is 391 g/mol. The van der Waals surface area contributed by atoms with Crippen molar-refractivity contribution < 1.29 is 18.3 Å². The molecule has 5 rings (SSSR count). The van der Waals surface area contributed by atoms with Gasteiger partial charge in [-0.3, -0.25) is 4.79 Å². The third kappa shape index (κ3) is 3.54. The summed E-state index contributed by atoms with van der Waals surface area (Å²) in [5.41, 5.74) is 0.669. The van der Waals surface area contributed by atoms with Crippen molar-refractivity contribution in [3.63, 3.8) is 0 Å². The molecule has 0 radical (unpaired) electrons. The zero-order valence-corrected chi connectivity index (χ0v) is 16.7. The van der Waals surface area contributed by atoms with Crippen molar-refractivity contribution in [1.29, 1.82) is 0 Å². The molecule has 4 aliphatic carbocycles. The molecule has 0 aliphatic heterocycles. The third-order valence-corrected chi connectivity index (χ3v) is 8.43. The molecular weight excluding hydrogens is 362 g/mol. The van der Waals surface area contributed by atoms with Gasteiger partial charge in [0.1, 0.15) is 6.04 Å². The van der Waals surface area contributed by atoms with Gasteiger partial charge in [-0.25, -0.2) is 8.42 Å². The lowest BCUT2D eigenvalue weighted by Crippen LogP contribution is -2.59. The van der Waals surface area contributed by atoms with Crippen molar-refractivity contribution in [2.75, 3.05) is 0 Å². The van der Waals surface area contributed by atoms with E-state index in [2.05, 4.69) is 11.6 Å². The summed E-state index contributed by atoms with van der Waals surface area (Å²) in [5, 5.41) is 9.93. The molecule has 1 unspecified atom stereocenters. The van der Waals surface area contributed by atoms with Gasteiger partial charge >= 0.3 is 5.97 Å². The molecule has 0 spiro atoms. The summed E-state index contributed by atoms with van der Waals surface area (Å²) in [6.07, 6.45) is 8.00. The van der Waals surface area contributed by atoms with Crippen LogP contribution in [0.3, 0.4) is 0 Å². The average Bonchev–Trinajstić information content (AvgIpc) is 2.59. The molecule has 0 aromatic heterocycles. The van der Waals surface area contributed by atoms with Gasteiger partial charge in [0.15, 0.2) is 0 Å². The fraction of sp³-hybridized carbons (Fsp3) is 0.667. The van der Waals surface area contributed by atoms with Gasteiger partial charge in [0, 0.05) is 0 Å². The third-order valence-electron chi connectivity index (χ3n) is 6.99. The highest BCUT2D eigenvalue weighted by Gasteiger charge is 2.56. The van der Waals surface area contributed by atoms with Crippen LogP contribution >= 0.6 is 0 Å². The van der Waals surface area contributed by atoms with E-state index in [4.69, 9.17) is 0 Å². The van der Waals surface area contributed by atoms with Crippen LogP contribution in [0.5, 0.6) is 0 Å². The fourth-order valence-corrected chi connectivity index (χ4v) is 7.61. The topological polar surface area (TPSA) is 83.5 Å². The summed E-state index contributed by atoms with van der Waals surface area (Å²) in [6.45, 7) is 2.08. The van der Waals surface area contributed by atoms with Crippen LogP contribution in [0.25, 0.3) is 0 Å². The first-order chi connectivity index (χ1) is 12.8. The molecule has 0 saturated heterocycles. The average molecular weight is 392 g/mol. The summed E-state index contributed by atoms with van der Waals surface area (Å²) < 4.78 is 28.5. The Morgan fingerprint density at radius 2 is 1.63 bits per heavy atom. The summed E-state index contributed by atoms with van der Waals surface area (Å²) in [4.78, 5) is 12.3. The highest BCUT2D eigenvalue weighted by atomic mass is 32.2. The van der Waals surface area contributed by atoms with Crippen molar-refractivity contribution in [3.8, 4) is 0 Å². The number of benzene rings is 1. The van der Waals surface area contributed by atoms with Gasteiger partial charge in [-0.1, -0.05) is 25.5 Å². The number of hydrogen-bond acceptors (Lipinski definition) is 3. The number of aryl methyl sites for hydroxylation is 1. The van der Waals surface area contributed by atoms with Crippen LogP contribution in [0.1, 0.15) is 57.4 Å². The lowest BCUT2D eigenvalue weighted by Gasteiger charge is -2.58. The molecule has 1 atom stereocenters. The summed E-state index contributed by atoms with van der Waals surface area (Å²) in [5.74, 6) is 0.658. The SMILES string of the molecule is CCCc1ccc(S(=O)(=O)NC(C(=O)O)C23CC4CC(CC(C4)C2)C3)cc1. The van der Waals surface area contributed by atoms with Gasteiger partial charge < -0.3 is 5.11 Å². The molecule has 148 valence electrons. The van der Waals surface area contributed by atoms with E-state index in [0.29, 0.717) is 17.8 Å². The normalized spacial score (nSPS) is 33.1. The molecule has 0 heterocycles. The van der Waals surface area contributed by atoms with E-state index >= 15 is 0 Å². The van der Waals surface area contributed by atoms with Crippen molar-refractivity contribution in [2.24, 2.45) is 23.2 Å². The van der Waals surface area contributed by atoms with Gasteiger partial charge in [0.05, 0.1) is 4.90 Å². The highest BCUT2D eigenvalue weighted by Crippen LogP contribution is 2.61. The van der Waals surface area contributed by atoms with Crippen LogP contribution in [0.2, 0.25) is 0 Å². The Bertz CT molecular complexity index is 780. The minimum Gasteiger partial charge on any atom is -0.480 e. The Balaban J connectivity index is 1.59. The van der Waals surface area contributed by atoms with Crippen LogP contribution in [-0.4, -0.2) is 25.5 Å². The number of carboxylic acids is 1. The molecule has 1 aromatic carbocycles. The smallest absolute Gasteiger partial charge is 0.322 e. The quantitative estimate of drug-likeness (QED) is 0.744. The predicted octanol–water partition coefficient (Wildman–Crippen LogP) is 3.59. The zero-order valence-electron chi connectivity index (χ0n) is 15.9. The zero-order chi connectivity index (χ0) is 19.2. The molecule has 5 nitrogen and oxygen atoms in total. The number of nitrogens with one attached hydrogen (secondary N) is 1. The van der Waals surface area contributed by atoms with E-state index in [1.165, 1.54) is 19.3 Å². The van der Waals surface area contributed by atoms with Crippen LogP contribution in [0.4, 0.5) is 0 Å². The molecule has 4 fully saturated rings. The highest BCUT2D eigenvalue weighted by molar-refractivity contribution is 7.89. The predicted molar refractivity (Wildman–Crippen MR) is 103 cm³/mol. The van der Waals surface area contributed by atoms with E-state index in [1.54, 1.807) is 12.1 Å². The largest absolute Gasteiger partial charge is 0.480 e. The summed E-state index contributed by atoms with van der Waals surface area (Å²) in [7, 11) is -3.86. The number of carboxylic acid groups (broad SMARTS) is 1. The molecular formula is C21H29NO4S. The van der Waals surface area contributed by atoms with Crippen molar-refractivity contribution in [1.82, 2.24) is 4.72 Å². The first kappa shape index (κ1) is 18.9. The maximum atomic E-state index is 12.9. The molecule has 4 bridgehead atoms. The standard InChI is InChI=1S/C21H29NO4S/c1-2-3-14-4-6-18(7-5-14)27(25,26)22-19(20(23)24)21-11-15-8-16(12-21)10-17(9-15)13-21/h4-7,15-17,19,22H,2-3,8-13H2,1H3,(H,23,24). The van der Waals surface area contributed by atoms with Gasteiger partial charge in [-0.15, -0.1) is 0 Å².